The molecule has 1 atom stereocenters. The van der Waals surface area contributed by atoms with Crippen molar-refractivity contribution >= 4 is 11.8 Å². The van der Waals surface area contributed by atoms with Crippen LogP contribution in [0.5, 0.6) is 0 Å². The van der Waals surface area contributed by atoms with Crippen LogP contribution >= 0.6 is 0 Å². The van der Waals surface area contributed by atoms with E-state index in [1.807, 2.05) is 20.9 Å². The molecule has 1 fully saturated rings. The maximum absolute atomic E-state index is 12.2. The fourth-order valence-electron chi connectivity index (χ4n) is 3.57. The van der Waals surface area contributed by atoms with Crippen molar-refractivity contribution < 1.29 is 14.5 Å². The number of hydrogen-bond acceptors (Lipinski definition) is 2. The summed E-state index contributed by atoms with van der Waals surface area (Å²) in [6, 6.07) is 0.445. The molecule has 5 nitrogen and oxygen atoms in total. The summed E-state index contributed by atoms with van der Waals surface area (Å²) in [4.78, 5) is 24.8. The Balaban J connectivity index is 2.30. The summed E-state index contributed by atoms with van der Waals surface area (Å²) in [5, 5.41) is 6.02. The molecular formula is C19H38N3O2+. The maximum atomic E-state index is 12.2. The van der Waals surface area contributed by atoms with Crippen LogP contribution in [0.4, 0.5) is 0 Å². The largest absolute Gasteiger partial charge is 0.349 e. The van der Waals surface area contributed by atoms with Crippen molar-refractivity contribution in [3.63, 3.8) is 0 Å². The molecule has 0 aromatic rings. The second kappa shape index (κ2) is 9.40. The van der Waals surface area contributed by atoms with E-state index < -0.39 is 0 Å². The number of nitrogens with one attached hydrogen (secondary N) is 3. The van der Waals surface area contributed by atoms with Crippen LogP contribution in [-0.4, -0.2) is 44.0 Å². The Bertz CT molecular complexity index is 413. The minimum atomic E-state index is -0.00222. The molecule has 0 aliphatic heterocycles. The first-order chi connectivity index (χ1) is 11.1. The zero-order valence-corrected chi connectivity index (χ0v) is 16.5. The Hall–Kier alpha value is -1.10. The van der Waals surface area contributed by atoms with Gasteiger partial charge in [0.25, 0.3) is 11.8 Å². The maximum Gasteiger partial charge on any atom is 0.275 e. The molecule has 0 saturated heterocycles. The van der Waals surface area contributed by atoms with Gasteiger partial charge in [-0.1, -0.05) is 27.2 Å². The normalized spacial score (nSPS) is 23.0. The molecule has 0 radical (unpaired) electrons. The number of carbonyl (C=O) groups is 2. The van der Waals surface area contributed by atoms with Gasteiger partial charge in [-0.05, 0) is 50.9 Å². The first kappa shape index (κ1) is 20.9. The van der Waals surface area contributed by atoms with Gasteiger partial charge in [0, 0.05) is 12.1 Å². The fourth-order valence-corrected chi connectivity index (χ4v) is 3.57. The number of likely N-dealkylation sites (N-methyl/N-ethyl adjacent to an activating group) is 1. The molecule has 24 heavy (non-hydrogen) atoms. The van der Waals surface area contributed by atoms with Crippen molar-refractivity contribution in [2.75, 3.05) is 20.1 Å². The Morgan fingerprint density at radius 1 is 1.08 bits per heavy atom. The van der Waals surface area contributed by atoms with Crippen LogP contribution in [0.2, 0.25) is 0 Å². The van der Waals surface area contributed by atoms with Gasteiger partial charge in [0.1, 0.15) is 0 Å². The van der Waals surface area contributed by atoms with Crippen LogP contribution in [-0.2, 0) is 9.59 Å². The van der Waals surface area contributed by atoms with Crippen LogP contribution in [0.1, 0.15) is 66.7 Å². The van der Waals surface area contributed by atoms with E-state index in [-0.39, 0.29) is 17.9 Å². The molecule has 1 aliphatic carbocycles. The number of rotatable bonds is 8. The molecule has 3 N–H and O–H groups in total. The molecule has 0 bridgehead atoms. The second-order valence-electron chi connectivity index (χ2n) is 8.49. The highest BCUT2D eigenvalue weighted by Gasteiger charge is 2.32. The lowest BCUT2D eigenvalue weighted by Gasteiger charge is -2.39. The first-order valence-electron chi connectivity index (χ1n) is 9.54. The molecular weight excluding hydrogens is 302 g/mol. The van der Waals surface area contributed by atoms with E-state index >= 15 is 0 Å². The quantitative estimate of drug-likeness (QED) is 0.620. The molecule has 1 unspecified atom stereocenters. The van der Waals surface area contributed by atoms with Gasteiger partial charge in [0.15, 0.2) is 13.1 Å². The van der Waals surface area contributed by atoms with Crippen LogP contribution < -0.4 is 15.5 Å². The highest BCUT2D eigenvalue weighted by Crippen LogP contribution is 2.40. The molecule has 2 amide bonds. The fraction of sp³-hybridized carbons (Fsp3) is 0.895. The molecule has 5 heteroatoms. The lowest BCUT2D eigenvalue weighted by molar-refractivity contribution is -0.862. The Morgan fingerprint density at radius 2 is 1.62 bits per heavy atom. The third-order valence-corrected chi connectivity index (χ3v) is 5.48. The molecule has 1 rings (SSSR count). The van der Waals surface area contributed by atoms with E-state index in [4.69, 9.17) is 0 Å². The number of quaternary nitrogens is 1. The number of amides is 2. The molecule has 0 spiro atoms. The van der Waals surface area contributed by atoms with Crippen LogP contribution in [0.3, 0.4) is 0 Å². The molecule has 1 aliphatic rings. The third-order valence-electron chi connectivity index (χ3n) is 5.48. The van der Waals surface area contributed by atoms with Gasteiger partial charge in [-0.2, -0.15) is 0 Å². The molecule has 140 valence electrons. The highest BCUT2D eigenvalue weighted by molar-refractivity contribution is 5.79. The van der Waals surface area contributed by atoms with Gasteiger partial charge in [0.2, 0.25) is 0 Å². The van der Waals surface area contributed by atoms with Crippen molar-refractivity contribution in [3.8, 4) is 0 Å². The van der Waals surface area contributed by atoms with E-state index in [0.29, 0.717) is 24.5 Å². The third kappa shape index (κ3) is 7.20. The van der Waals surface area contributed by atoms with E-state index in [0.717, 1.165) is 23.7 Å². The highest BCUT2D eigenvalue weighted by atomic mass is 16.2. The van der Waals surface area contributed by atoms with Crippen molar-refractivity contribution in [1.82, 2.24) is 10.6 Å². The van der Waals surface area contributed by atoms with Crippen molar-refractivity contribution in [3.05, 3.63) is 0 Å². The average Bonchev–Trinajstić information content (AvgIpc) is 2.46. The summed E-state index contributed by atoms with van der Waals surface area (Å²) in [5.74, 6) is 0.823. The zero-order valence-electron chi connectivity index (χ0n) is 16.5. The average molecular weight is 341 g/mol. The summed E-state index contributed by atoms with van der Waals surface area (Å²) < 4.78 is 0. The molecule has 0 heterocycles. The monoisotopic (exact) mass is 340 g/mol. The van der Waals surface area contributed by atoms with E-state index in [9.17, 15) is 9.59 Å². The molecule has 0 aromatic heterocycles. The molecule has 0 aromatic carbocycles. The Morgan fingerprint density at radius 3 is 2.12 bits per heavy atom. The minimum absolute atomic E-state index is 0.00222. The second-order valence-corrected chi connectivity index (χ2v) is 8.49. The van der Waals surface area contributed by atoms with Gasteiger partial charge in [0.05, 0.1) is 7.05 Å². The van der Waals surface area contributed by atoms with Crippen molar-refractivity contribution in [2.24, 2.45) is 11.3 Å². The number of hydrogen-bond donors (Lipinski definition) is 3. The summed E-state index contributed by atoms with van der Waals surface area (Å²) >= 11 is 0. The summed E-state index contributed by atoms with van der Waals surface area (Å²) in [6.07, 6.45) is 5.76. The van der Waals surface area contributed by atoms with Crippen LogP contribution in [0.25, 0.3) is 0 Å². The van der Waals surface area contributed by atoms with Gasteiger partial charge < -0.3 is 15.5 Å². The summed E-state index contributed by atoms with van der Waals surface area (Å²) in [7, 11) is 1.89. The lowest BCUT2D eigenvalue weighted by Crippen LogP contribution is -3.11. The smallest absolute Gasteiger partial charge is 0.275 e. The standard InChI is InChI=1S/C19H37N3O2/c1-7-19(4,5)15-8-10-16(11-9-15)21-18(24)13-22(6)12-17(23)20-14(2)3/h14-16H,7-13H2,1-6H3,(H,20,23)(H,21,24)/p+1. The lowest BCUT2D eigenvalue weighted by atomic mass is 9.69. The molecule has 1 saturated carbocycles. The van der Waals surface area contributed by atoms with Gasteiger partial charge in [-0.3, -0.25) is 9.59 Å². The van der Waals surface area contributed by atoms with Crippen LogP contribution in [0.15, 0.2) is 0 Å². The zero-order chi connectivity index (χ0) is 18.3. The SMILES string of the molecule is CCC(C)(C)C1CCC(NC(=O)C[NH+](C)CC(=O)NC(C)C)CC1. The number of carbonyl (C=O) groups excluding carboxylic acids is 2. The Kier molecular flexibility index (Phi) is 8.20. The minimum Gasteiger partial charge on any atom is -0.349 e. The summed E-state index contributed by atoms with van der Waals surface area (Å²) in [5.41, 5.74) is 0.406. The van der Waals surface area contributed by atoms with E-state index in [1.54, 1.807) is 0 Å². The topological polar surface area (TPSA) is 62.6 Å². The summed E-state index contributed by atoms with van der Waals surface area (Å²) in [6.45, 7) is 11.6. The van der Waals surface area contributed by atoms with Crippen molar-refractivity contribution in [1.29, 1.82) is 0 Å². The van der Waals surface area contributed by atoms with Gasteiger partial charge in [-0.15, -0.1) is 0 Å². The predicted molar refractivity (Wildman–Crippen MR) is 97.9 cm³/mol. The van der Waals surface area contributed by atoms with Gasteiger partial charge in [-0.25, -0.2) is 0 Å². The Labute approximate surface area is 147 Å². The van der Waals surface area contributed by atoms with Gasteiger partial charge >= 0.3 is 0 Å². The van der Waals surface area contributed by atoms with Crippen LogP contribution in [0, 0.1) is 11.3 Å². The van der Waals surface area contributed by atoms with E-state index in [1.165, 1.54) is 19.3 Å². The first-order valence-corrected chi connectivity index (χ1v) is 9.54. The van der Waals surface area contributed by atoms with E-state index in [2.05, 4.69) is 31.4 Å². The van der Waals surface area contributed by atoms with Crippen molar-refractivity contribution in [2.45, 2.75) is 78.8 Å². The predicted octanol–water partition coefficient (Wildman–Crippen LogP) is 1.14.